The third kappa shape index (κ3) is 6.81. The van der Waals surface area contributed by atoms with E-state index in [1.54, 1.807) is 11.8 Å². The molecule has 5 heteroatoms. The fourth-order valence-electron chi connectivity index (χ4n) is 3.73. The Hall–Kier alpha value is -2.37. The minimum atomic E-state index is -0.281. The number of likely N-dealkylation sites (tertiary alicyclic amines) is 1. The Balaban J connectivity index is 1.76. The highest BCUT2D eigenvalue weighted by Crippen LogP contribution is 2.30. The molecule has 0 bridgehead atoms. The van der Waals surface area contributed by atoms with Crippen molar-refractivity contribution in [2.45, 2.75) is 64.9 Å². The summed E-state index contributed by atoms with van der Waals surface area (Å²) in [6, 6.07) is 14.5. The fraction of sp³-hybridized carbons (Fsp3) is 0.429. The Labute approximate surface area is 202 Å². The maximum atomic E-state index is 13.0. The summed E-state index contributed by atoms with van der Waals surface area (Å²) in [5, 5.41) is 11.7. The van der Waals surface area contributed by atoms with Gasteiger partial charge < -0.3 is 10.0 Å². The Morgan fingerprint density at radius 1 is 1.18 bits per heavy atom. The van der Waals surface area contributed by atoms with Crippen molar-refractivity contribution in [1.82, 2.24) is 4.90 Å². The van der Waals surface area contributed by atoms with Crippen molar-refractivity contribution >= 4 is 23.4 Å². The number of thioether (sulfide) groups is 1. The number of aliphatic hydroxyl groups is 1. The van der Waals surface area contributed by atoms with E-state index in [0.29, 0.717) is 25.9 Å². The molecular weight excluding hydrogens is 428 g/mol. The standard InChI is InChI=1S/C28H36N2O2S/c1-6-21-18-23(27(32)30-15-12-24(31)13-16-30)10-11-26(21)22-8-7-9-25(19-22)33-17-14-29-20(2)28(3,4)5/h7-11,14,17-19,24,31H,6,12-13,15-16H2,1-5H3/b17-14-,29-20?. The molecule has 3 rings (SSSR count). The number of carbonyl (C=O) groups excluding carboxylic acids is 1. The Morgan fingerprint density at radius 3 is 2.58 bits per heavy atom. The topological polar surface area (TPSA) is 52.9 Å². The van der Waals surface area contributed by atoms with Crippen LogP contribution in [0.1, 0.15) is 63.4 Å². The van der Waals surface area contributed by atoms with E-state index in [1.165, 1.54) is 5.56 Å². The molecule has 0 aromatic heterocycles. The van der Waals surface area contributed by atoms with Crippen molar-refractivity contribution in [2.24, 2.45) is 10.4 Å². The lowest BCUT2D eigenvalue weighted by Gasteiger charge is -2.29. The normalized spacial score (nSPS) is 15.9. The summed E-state index contributed by atoms with van der Waals surface area (Å²) in [6.45, 7) is 11.9. The summed E-state index contributed by atoms with van der Waals surface area (Å²) < 4.78 is 0. The highest BCUT2D eigenvalue weighted by molar-refractivity contribution is 8.02. The molecule has 0 aliphatic carbocycles. The van der Waals surface area contributed by atoms with Crippen molar-refractivity contribution in [3.8, 4) is 11.1 Å². The number of aliphatic hydroxyl groups excluding tert-OH is 1. The van der Waals surface area contributed by atoms with Crippen molar-refractivity contribution < 1.29 is 9.90 Å². The molecule has 2 aromatic carbocycles. The van der Waals surface area contributed by atoms with Crippen LogP contribution in [-0.2, 0) is 6.42 Å². The molecule has 1 saturated heterocycles. The molecule has 1 aliphatic heterocycles. The number of nitrogens with zero attached hydrogens (tertiary/aromatic N) is 2. The van der Waals surface area contributed by atoms with Crippen molar-refractivity contribution in [2.75, 3.05) is 13.1 Å². The van der Waals surface area contributed by atoms with Crippen molar-refractivity contribution in [3.63, 3.8) is 0 Å². The molecule has 1 amide bonds. The smallest absolute Gasteiger partial charge is 0.253 e. The van der Waals surface area contributed by atoms with Gasteiger partial charge in [-0.1, -0.05) is 57.7 Å². The summed E-state index contributed by atoms with van der Waals surface area (Å²) in [4.78, 5) is 20.5. The van der Waals surface area contributed by atoms with E-state index >= 15 is 0 Å². The highest BCUT2D eigenvalue weighted by atomic mass is 32.2. The molecule has 176 valence electrons. The van der Waals surface area contributed by atoms with Crippen molar-refractivity contribution in [1.29, 1.82) is 0 Å². The van der Waals surface area contributed by atoms with Gasteiger partial charge in [-0.05, 0) is 78.0 Å². The molecule has 0 unspecified atom stereocenters. The van der Waals surface area contributed by atoms with Crippen LogP contribution in [0.5, 0.6) is 0 Å². The molecule has 33 heavy (non-hydrogen) atoms. The summed E-state index contributed by atoms with van der Waals surface area (Å²) in [5.74, 6) is 0.0590. The second kappa shape index (κ2) is 11.2. The molecule has 0 radical (unpaired) electrons. The molecule has 0 spiro atoms. The molecule has 0 atom stereocenters. The predicted octanol–water partition coefficient (Wildman–Crippen LogP) is 6.58. The van der Waals surface area contributed by atoms with Crippen LogP contribution in [0.25, 0.3) is 11.1 Å². The van der Waals surface area contributed by atoms with Gasteiger partial charge in [0.2, 0.25) is 0 Å². The van der Waals surface area contributed by atoms with Gasteiger partial charge in [0, 0.05) is 35.5 Å². The molecule has 2 aromatic rings. The van der Waals surface area contributed by atoms with Crippen LogP contribution in [0.2, 0.25) is 0 Å². The van der Waals surface area contributed by atoms with E-state index in [9.17, 15) is 9.90 Å². The Morgan fingerprint density at radius 2 is 1.91 bits per heavy atom. The number of rotatable bonds is 6. The quantitative estimate of drug-likeness (QED) is 0.388. The van der Waals surface area contributed by atoms with Crippen LogP contribution in [0.15, 0.2) is 64.0 Å². The van der Waals surface area contributed by atoms with Gasteiger partial charge in [0.1, 0.15) is 0 Å². The molecule has 1 N–H and O–H groups in total. The van der Waals surface area contributed by atoms with Crippen LogP contribution in [0.4, 0.5) is 0 Å². The lowest BCUT2D eigenvalue weighted by molar-refractivity contribution is 0.0546. The van der Waals surface area contributed by atoms with E-state index in [1.807, 2.05) is 28.6 Å². The number of hydrogen-bond acceptors (Lipinski definition) is 4. The first-order chi connectivity index (χ1) is 15.7. The van der Waals surface area contributed by atoms with E-state index in [-0.39, 0.29) is 17.4 Å². The van der Waals surface area contributed by atoms with Crippen LogP contribution in [0, 0.1) is 5.41 Å². The number of piperidine rings is 1. The summed E-state index contributed by atoms with van der Waals surface area (Å²) in [5.41, 5.74) is 5.40. The predicted molar refractivity (Wildman–Crippen MR) is 140 cm³/mol. The van der Waals surface area contributed by atoms with Gasteiger partial charge in [-0.3, -0.25) is 9.79 Å². The van der Waals surface area contributed by atoms with Gasteiger partial charge in [-0.2, -0.15) is 0 Å². The highest BCUT2D eigenvalue weighted by Gasteiger charge is 2.23. The zero-order valence-corrected chi connectivity index (χ0v) is 21.3. The van der Waals surface area contributed by atoms with Crippen LogP contribution in [0.3, 0.4) is 0 Å². The monoisotopic (exact) mass is 464 g/mol. The number of amides is 1. The summed E-state index contributed by atoms with van der Waals surface area (Å²) in [7, 11) is 0. The van der Waals surface area contributed by atoms with E-state index < -0.39 is 0 Å². The first-order valence-electron chi connectivity index (χ1n) is 11.8. The van der Waals surface area contributed by atoms with Gasteiger partial charge in [-0.15, -0.1) is 0 Å². The molecule has 0 saturated carbocycles. The molecule has 1 heterocycles. The van der Waals surface area contributed by atoms with Crippen LogP contribution < -0.4 is 0 Å². The maximum absolute atomic E-state index is 13.0. The largest absolute Gasteiger partial charge is 0.393 e. The van der Waals surface area contributed by atoms with E-state index in [2.05, 4.69) is 69.9 Å². The second-order valence-electron chi connectivity index (χ2n) is 9.64. The number of benzene rings is 2. The minimum absolute atomic E-state index is 0.0590. The van der Waals surface area contributed by atoms with Crippen LogP contribution >= 0.6 is 11.8 Å². The van der Waals surface area contributed by atoms with Crippen LogP contribution in [-0.4, -0.2) is 40.8 Å². The van der Waals surface area contributed by atoms with E-state index in [0.717, 1.165) is 33.7 Å². The zero-order valence-electron chi connectivity index (χ0n) is 20.5. The molecule has 4 nitrogen and oxygen atoms in total. The molecule has 1 aliphatic rings. The van der Waals surface area contributed by atoms with E-state index in [4.69, 9.17) is 0 Å². The van der Waals surface area contributed by atoms with Gasteiger partial charge in [0.25, 0.3) is 5.91 Å². The number of aryl methyl sites for hydroxylation is 1. The van der Waals surface area contributed by atoms with Crippen molar-refractivity contribution in [3.05, 3.63) is 65.2 Å². The second-order valence-corrected chi connectivity index (χ2v) is 10.6. The zero-order chi connectivity index (χ0) is 24.0. The third-order valence-electron chi connectivity index (χ3n) is 6.25. The maximum Gasteiger partial charge on any atom is 0.253 e. The average Bonchev–Trinajstić information content (AvgIpc) is 2.81. The van der Waals surface area contributed by atoms with Gasteiger partial charge in [0.05, 0.1) is 6.10 Å². The number of aliphatic imine (C=N–C) groups is 1. The van der Waals surface area contributed by atoms with Gasteiger partial charge >= 0.3 is 0 Å². The Kier molecular flexibility index (Phi) is 8.55. The first kappa shape index (κ1) is 25.3. The molecule has 1 fully saturated rings. The number of hydrogen-bond donors (Lipinski definition) is 1. The lowest BCUT2D eigenvalue weighted by Crippen LogP contribution is -2.40. The SMILES string of the molecule is CCc1cc(C(=O)N2CCC(O)CC2)ccc1-c1cccc(S/C=C\N=C(C)C(C)(C)C)c1. The summed E-state index contributed by atoms with van der Waals surface area (Å²) >= 11 is 1.65. The number of carbonyl (C=O) groups is 1. The minimum Gasteiger partial charge on any atom is -0.393 e. The Bertz CT molecular complexity index is 1030. The van der Waals surface area contributed by atoms with Gasteiger partial charge in [0.15, 0.2) is 0 Å². The first-order valence-corrected chi connectivity index (χ1v) is 12.6. The lowest BCUT2D eigenvalue weighted by atomic mass is 9.91. The van der Waals surface area contributed by atoms with Gasteiger partial charge in [-0.25, -0.2) is 0 Å². The fourth-order valence-corrected chi connectivity index (χ4v) is 4.37. The third-order valence-corrected chi connectivity index (χ3v) is 7.03. The molecular formula is C28H36N2O2S. The average molecular weight is 465 g/mol. The summed E-state index contributed by atoms with van der Waals surface area (Å²) in [6.07, 6.45) is 3.76.